The smallest absolute Gasteiger partial charge is 0.238 e. The van der Waals surface area contributed by atoms with Crippen molar-refractivity contribution in [2.45, 2.75) is 45.6 Å². The summed E-state index contributed by atoms with van der Waals surface area (Å²) in [6.07, 6.45) is 3.97. The lowest BCUT2D eigenvalue weighted by molar-refractivity contribution is -0.117. The van der Waals surface area contributed by atoms with Gasteiger partial charge in [-0.3, -0.25) is 9.69 Å². The van der Waals surface area contributed by atoms with Crippen molar-refractivity contribution in [1.29, 1.82) is 0 Å². The largest absolute Gasteiger partial charge is 0.486 e. The Hall–Kier alpha value is -2.53. The van der Waals surface area contributed by atoms with Crippen LogP contribution in [0.4, 0.5) is 5.69 Å². The van der Waals surface area contributed by atoms with Crippen molar-refractivity contribution in [3.63, 3.8) is 0 Å². The number of fused-ring (bicyclic) bond motifs is 1. The second-order valence-corrected chi connectivity index (χ2v) is 7.74. The van der Waals surface area contributed by atoms with E-state index in [0.29, 0.717) is 19.8 Å². The number of nitrogens with zero attached hydrogens (tertiary/aromatic N) is 1. The van der Waals surface area contributed by atoms with Gasteiger partial charge in [0.2, 0.25) is 5.91 Å². The minimum absolute atomic E-state index is 0.0602. The van der Waals surface area contributed by atoms with Gasteiger partial charge in [-0.05, 0) is 61.1 Å². The Morgan fingerprint density at radius 2 is 1.79 bits per heavy atom. The molecule has 0 aliphatic carbocycles. The highest BCUT2D eigenvalue weighted by Gasteiger charge is 2.29. The van der Waals surface area contributed by atoms with Crippen molar-refractivity contribution in [3.8, 4) is 11.5 Å². The molecular formula is C24H30N2O3. The molecule has 1 fully saturated rings. The number of hydrogen-bond donors (Lipinski definition) is 1. The second kappa shape index (κ2) is 8.87. The topological polar surface area (TPSA) is 50.8 Å². The average molecular weight is 395 g/mol. The van der Waals surface area contributed by atoms with E-state index in [0.717, 1.165) is 49.4 Å². The number of likely N-dealkylation sites (tertiary alicyclic amines) is 1. The molecule has 0 unspecified atom stereocenters. The molecule has 1 N–H and O–H groups in total. The monoisotopic (exact) mass is 394 g/mol. The summed E-state index contributed by atoms with van der Waals surface area (Å²) in [5.74, 6) is 1.69. The Balaban J connectivity index is 1.47. The number of ether oxygens (including phenoxy) is 2. The first kappa shape index (κ1) is 19.8. The Bertz CT molecular complexity index is 858. The second-order valence-electron chi connectivity index (χ2n) is 7.74. The van der Waals surface area contributed by atoms with Crippen LogP contribution in [0.1, 0.15) is 49.4 Å². The zero-order valence-corrected chi connectivity index (χ0v) is 17.4. The van der Waals surface area contributed by atoms with Gasteiger partial charge in [-0.1, -0.05) is 38.1 Å². The lowest BCUT2D eigenvalue weighted by atomic mass is 10.0. The molecule has 1 saturated heterocycles. The molecular weight excluding hydrogens is 364 g/mol. The van der Waals surface area contributed by atoms with Gasteiger partial charge in [-0.2, -0.15) is 0 Å². The molecule has 5 heteroatoms. The summed E-state index contributed by atoms with van der Waals surface area (Å²) in [4.78, 5) is 15.2. The van der Waals surface area contributed by atoms with Gasteiger partial charge in [0.25, 0.3) is 0 Å². The summed E-state index contributed by atoms with van der Waals surface area (Å²) >= 11 is 0. The molecule has 2 aromatic rings. The molecule has 2 aromatic carbocycles. The van der Waals surface area contributed by atoms with Crippen LogP contribution < -0.4 is 14.8 Å². The molecule has 154 valence electrons. The average Bonchev–Trinajstić information content (AvgIpc) is 3.21. The first-order chi connectivity index (χ1) is 14.2. The molecule has 0 saturated carbocycles. The number of nitrogens with one attached hydrogen (secondary N) is 1. The van der Waals surface area contributed by atoms with E-state index in [4.69, 9.17) is 9.47 Å². The van der Waals surface area contributed by atoms with Crippen molar-refractivity contribution in [2.75, 3.05) is 31.6 Å². The predicted molar refractivity (Wildman–Crippen MR) is 115 cm³/mol. The molecule has 2 aliphatic heterocycles. The van der Waals surface area contributed by atoms with E-state index in [-0.39, 0.29) is 11.9 Å². The first-order valence-electron chi connectivity index (χ1n) is 10.7. The molecule has 4 rings (SSSR count). The van der Waals surface area contributed by atoms with Crippen molar-refractivity contribution in [2.24, 2.45) is 0 Å². The van der Waals surface area contributed by atoms with Gasteiger partial charge in [0.05, 0.1) is 6.54 Å². The van der Waals surface area contributed by atoms with Crippen LogP contribution in [0, 0.1) is 0 Å². The third-order valence-corrected chi connectivity index (χ3v) is 5.92. The minimum atomic E-state index is 0.0602. The van der Waals surface area contributed by atoms with E-state index in [1.165, 1.54) is 16.7 Å². The third kappa shape index (κ3) is 4.25. The number of carbonyl (C=O) groups excluding carboxylic acids is 1. The molecule has 29 heavy (non-hydrogen) atoms. The highest BCUT2D eigenvalue weighted by atomic mass is 16.6. The number of rotatable bonds is 6. The van der Waals surface area contributed by atoms with Gasteiger partial charge in [0.15, 0.2) is 11.5 Å². The van der Waals surface area contributed by atoms with Crippen LogP contribution in [0.15, 0.2) is 36.4 Å². The Kier molecular flexibility index (Phi) is 6.05. The minimum Gasteiger partial charge on any atom is -0.486 e. The Labute approximate surface area is 173 Å². The summed E-state index contributed by atoms with van der Waals surface area (Å²) in [5, 5.41) is 3.20. The quantitative estimate of drug-likeness (QED) is 0.791. The van der Waals surface area contributed by atoms with Crippen LogP contribution in [0.2, 0.25) is 0 Å². The Morgan fingerprint density at radius 1 is 1.07 bits per heavy atom. The lowest BCUT2D eigenvalue weighted by Crippen LogP contribution is -2.33. The molecule has 1 amide bonds. The van der Waals surface area contributed by atoms with Gasteiger partial charge in [-0.15, -0.1) is 0 Å². The van der Waals surface area contributed by atoms with Crippen molar-refractivity contribution in [1.82, 2.24) is 4.90 Å². The maximum atomic E-state index is 12.9. The molecule has 2 heterocycles. The normalized spacial score (nSPS) is 18.6. The van der Waals surface area contributed by atoms with E-state index in [1.807, 2.05) is 6.07 Å². The molecule has 0 bridgehead atoms. The summed E-state index contributed by atoms with van der Waals surface area (Å²) in [6.45, 7) is 6.78. The number of aryl methyl sites for hydroxylation is 2. The maximum absolute atomic E-state index is 12.9. The SMILES string of the molecule is CCc1cccc(CC)c1NC(=O)CN1CCC[C@H]1c1ccc2c(c1)OCCO2. The van der Waals surface area contributed by atoms with Crippen LogP contribution in [0.25, 0.3) is 0 Å². The number of benzene rings is 2. The van der Waals surface area contributed by atoms with Crippen LogP contribution in [0.3, 0.4) is 0 Å². The first-order valence-corrected chi connectivity index (χ1v) is 10.7. The summed E-state index contributed by atoms with van der Waals surface area (Å²) in [6, 6.07) is 12.7. The molecule has 5 nitrogen and oxygen atoms in total. The molecule has 2 aliphatic rings. The van der Waals surface area contributed by atoms with Crippen molar-refractivity contribution >= 4 is 11.6 Å². The van der Waals surface area contributed by atoms with E-state index >= 15 is 0 Å². The zero-order valence-electron chi connectivity index (χ0n) is 17.4. The van der Waals surface area contributed by atoms with Gasteiger partial charge in [0, 0.05) is 11.7 Å². The van der Waals surface area contributed by atoms with Crippen LogP contribution in [-0.2, 0) is 17.6 Å². The number of hydrogen-bond acceptors (Lipinski definition) is 4. The van der Waals surface area contributed by atoms with Crippen LogP contribution in [-0.4, -0.2) is 37.1 Å². The lowest BCUT2D eigenvalue weighted by Gasteiger charge is -2.26. The highest BCUT2D eigenvalue weighted by Crippen LogP contribution is 2.38. The van der Waals surface area contributed by atoms with Gasteiger partial charge >= 0.3 is 0 Å². The number of amides is 1. The van der Waals surface area contributed by atoms with Gasteiger partial charge in [-0.25, -0.2) is 0 Å². The number of para-hydroxylation sites is 1. The summed E-state index contributed by atoms with van der Waals surface area (Å²) < 4.78 is 11.4. The molecule has 1 atom stereocenters. The van der Waals surface area contributed by atoms with E-state index in [1.54, 1.807) is 0 Å². The zero-order chi connectivity index (χ0) is 20.2. The van der Waals surface area contributed by atoms with Crippen molar-refractivity contribution < 1.29 is 14.3 Å². The summed E-state index contributed by atoms with van der Waals surface area (Å²) in [7, 11) is 0. The van der Waals surface area contributed by atoms with Crippen LogP contribution in [0.5, 0.6) is 11.5 Å². The predicted octanol–water partition coefficient (Wildman–Crippen LogP) is 4.36. The number of anilines is 1. The number of carbonyl (C=O) groups is 1. The highest BCUT2D eigenvalue weighted by molar-refractivity contribution is 5.94. The van der Waals surface area contributed by atoms with E-state index in [9.17, 15) is 4.79 Å². The third-order valence-electron chi connectivity index (χ3n) is 5.92. The fraction of sp³-hybridized carbons (Fsp3) is 0.458. The van der Waals surface area contributed by atoms with Gasteiger partial charge < -0.3 is 14.8 Å². The fourth-order valence-corrected chi connectivity index (χ4v) is 4.43. The van der Waals surface area contributed by atoms with Gasteiger partial charge in [0.1, 0.15) is 13.2 Å². The maximum Gasteiger partial charge on any atom is 0.238 e. The van der Waals surface area contributed by atoms with Crippen LogP contribution >= 0.6 is 0 Å². The van der Waals surface area contributed by atoms with E-state index < -0.39 is 0 Å². The molecule has 0 aromatic heterocycles. The summed E-state index contributed by atoms with van der Waals surface area (Å²) in [5.41, 5.74) is 4.59. The van der Waals surface area contributed by atoms with Crippen molar-refractivity contribution in [3.05, 3.63) is 53.1 Å². The molecule has 0 spiro atoms. The fourth-order valence-electron chi connectivity index (χ4n) is 4.43. The molecule has 0 radical (unpaired) electrons. The van der Waals surface area contributed by atoms with E-state index in [2.05, 4.69) is 54.4 Å². The Morgan fingerprint density at radius 3 is 2.52 bits per heavy atom. The standard InChI is InChI=1S/C24H30N2O3/c1-3-17-7-5-8-18(4-2)24(17)25-23(27)16-26-12-6-9-20(26)19-10-11-21-22(15-19)29-14-13-28-21/h5,7-8,10-11,15,20H,3-4,6,9,12-14,16H2,1-2H3,(H,25,27)/t20-/m0/s1.